The highest BCUT2D eigenvalue weighted by Crippen LogP contribution is 2.27. The van der Waals surface area contributed by atoms with E-state index in [-0.39, 0.29) is 5.54 Å². The minimum atomic E-state index is -0.362. The molecule has 0 fully saturated rings. The minimum absolute atomic E-state index is 0.362. The predicted molar refractivity (Wildman–Crippen MR) is 79.8 cm³/mol. The largest absolute Gasteiger partial charge is 0.320 e. The van der Waals surface area contributed by atoms with Crippen LogP contribution in [-0.2, 0) is 12.0 Å². The third kappa shape index (κ3) is 3.65. The number of nitrogens with two attached hydrogens (primary N) is 1. The number of rotatable bonds is 6. The zero-order chi connectivity index (χ0) is 13.6. The number of nitrogens with zero attached hydrogens (tertiary/aromatic N) is 1. The van der Waals surface area contributed by atoms with Crippen LogP contribution in [0.2, 0.25) is 0 Å². The quantitative estimate of drug-likeness (QED) is 0.854. The summed E-state index contributed by atoms with van der Waals surface area (Å²) < 4.78 is 0. The topological polar surface area (TPSA) is 38.9 Å². The Balaban J connectivity index is 2.24. The maximum Gasteiger partial charge on any atom is 0.0624 e. The van der Waals surface area contributed by atoms with Gasteiger partial charge >= 0.3 is 0 Å². The van der Waals surface area contributed by atoms with Crippen LogP contribution in [0, 0.1) is 0 Å². The highest BCUT2D eigenvalue weighted by atomic mass is 14.8. The molecule has 0 spiro atoms. The van der Waals surface area contributed by atoms with E-state index in [0.717, 1.165) is 31.4 Å². The van der Waals surface area contributed by atoms with Crippen LogP contribution in [0.3, 0.4) is 0 Å². The summed E-state index contributed by atoms with van der Waals surface area (Å²) >= 11 is 0. The first-order valence-corrected chi connectivity index (χ1v) is 6.99. The van der Waals surface area contributed by atoms with Gasteiger partial charge in [0.25, 0.3) is 0 Å². The lowest BCUT2D eigenvalue weighted by Crippen LogP contribution is -2.39. The number of hydrogen-bond donors (Lipinski definition) is 1. The monoisotopic (exact) mass is 254 g/mol. The molecular formula is C17H22N2. The maximum atomic E-state index is 6.67. The second-order valence-corrected chi connectivity index (χ2v) is 5.14. The van der Waals surface area contributed by atoms with Gasteiger partial charge in [0.15, 0.2) is 0 Å². The van der Waals surface area contributed by atoms with E-state index in [4.69, 9.17) is 5.73 Å². The van der Waals surface area contributed by atoms with E-state index in [2.05, 4.69) is 36.2 Å². The first kappa shape index (κ1) is 13.8. The first-order valence-electron chi connectivity index (χ1n) is 6.99. The zero-order valence-electron chi connectivity index (χ0n) is 11.5. The van der Waals surface area contributed by atoms with E-state index in [9.17, 15) is 0 Å². The lowest BCUT2D eigenvalue weighted by atomic mass is 9.83. The maximum absolute atomic E-state index is 6.67. The smallest absolute Gasteiger partial charge is 0.0624 e. The van der Waals surface area contributed by atoms with E-state index in [1.54, 1.807) is 0 Å². The number of unbranched alkanes of at least 4 members (excludes halogenated alkanes) is 1. The van der Waals surface area contributed by atoms with Crippen molar-refractivity contribution >= 4 is 0 Å². The number of hydrogen-bond acceptors (Lipinski definition) is 2. The summed E-state index contributed by atoms with van der Waals surface area (Å²) in [4.78, 5) is 4.47. The minimum Gasteiger partial charge on any atom is -0.320 e. The van der Waals surface area contributed by atoms with Crippen LogP contribution in [-0.4, -0.2) is 4.98 Å². The molecule has 0 saturated carbocycles. The average Bonchev–Trinajstić information content (AvgIpc) is 2.47. The summed E-state index contributed by atoms with van der Waals surface area (Å²) in [5, 5.41) is 0. The molecule has 1 atom stereocenters. The molecule has 0 radical (unpaired) electrons. The fourth-order valence-electron chi connectivity index (χ4n) is 2.42. The van der Waals surface area contributed by atoms with Gasteiger partial charge in [-0.15, -0.1) is 0 Å². The number of aromatic nitrogens is 1. The third-order valence-corrected chi connectivity index (χ3v) is 3.51. The molecule has 0 aliphatic carbocycles. The SMILES string of the molecule is CCCCC(N)(Cc1ccccc1)c1ccccn1. The number of benzene rings is 1. The van der Waals surface area contributed by atoms with Gasteiger partial charge < -0.3 is 5.73 Å². The number of pyridine rings is 1. The molecule has 0 amide bonds. The highest BCUT2D eigenvalue weighted by Gasteiger charge is 2.28. The van der Waals surface area contributed by atoms with Crippen LogP contribution in [0.15, 0.2) is 54.7 Å². The predicted octanol–water partition coefficient (Wildman–Crippen LogP) is 3.67. The first-order chi connectivity index (χ1) is 9.24. The summed E-state index contributed by atoms with van der Waals surface area (Å²) in [6, 6.07) is 16.4. The van der Waals surface area contributed by atoms with Crippen LogP contribution in [0.25, 0.3) is 0 Å². The van der Waals surface area contributed by atoms with Crippen LogP contribution < -0.4 is 5.73 Å². The molecule has 2 rings (SSSR count). The second-order valence-electron chi connectivity index (χ2n) is 5.14. The van der Waals surface area contributed by atoms with Gasteiger partial charge in [0.05, 0.1) is 11.2 Å². The van der Waals surface area contributed by atoms with Crippen LogP contribution in [0.1, 0.15) is 37.4 Å². The van der Waals surface area contributed by atoms with Gasteiger partial charge in [0, 0.05) is 6.20 Å². The van der Waals surface area contributed by atoms with Gasteiger partial charge in [0.1, 0.15) is 0 Å². The van der Waals surface area contributed by atoms with Crippen molar-refractivity contribution in [2.45, 2.75) is 38.1 Å². The van der Waals surface area contributed by atoms with Crippen molar-refractivity contribution in [3.63, 3.8) is 0 Å². The van der Waals surface area contributed by atoms with Crippen molar-refractivity contribution in [2.75, 3.05) is 0 Å². The Bertz CT molecular complexity index is 481. The van der Waals surface area contributed by atoms with Crippen LogP contribution >= 0.6 is 0 Å². The van der Waals surface area contributed by atoms with E-state index in [0.29, 0.717) is 0 Å². The summed E-state index contributed by atoms with van der Waals surface area (Å²) in [7, 11) is 0. The molecular weight excluding hydrogens is 232 g/mol. The summed E-state index contributed by atoms with van der Waals surface area (Å²) in [6.07, 6.45) is 5.91. The molecule has 0 bridgehead atoms. The molecule has 1 heterocycles. The summed E-state index contributed by atoms with van der Waals surface area (Å²) in [6.45, 7) is 2.20. The Kier molecular flexibility index (Phi) is 4.69. The van der Waals surface area contributed by atoms with Crippen LogP contribution in [0.5, 0.6) is 0 Å². The molecule has 2 N–H and O–H groups in total. The molecule has 1 aromatic carbocycles. The molecule has 1 aromatic heterocycles. The van der Waals surface area contributed by atoms with Gasteiger partial charge in [0.2, 0.25) is 0 Å². The second kappa shape index (κ2) is 6.48. The highest BCUT2D eigenvalue weighted by molar-refractivity contribution is 5.23. The Labute approximate surface area is 115 Å². The molecule has 0 aliphatic heterocycles. The molecule has 0 aliphatic rings. The van der Waals surface area contributed by atoms with Crippen molar-refractivity contribution in [1.29, 1.82) is 0 Å². The normalized spacial score (nSPS) is 14.0. The average molecular weight is 254 g/mol. The van der Waals surface area contributed by atoms with E-state index < -0.39 is 0 Å². The third-order valence-electron chi connectivity index (χ3n) is 3.51. The Morgan fingerprint density at radius 2 is 1.79 bits per heavy atom. The van der Waals surface area contributed by atoms with Crippen molar-refractivity contribution in [1.82, 2.24) is 4.98 Å². The van der Waals surface area contributed by atoms with E-state index in [1.807, 2.05) is 30.5 Å². The molecule has 1 unspecified atom stereocenters. The van der Waals surface area contributed by atoms with Gasteiger partial charge in [-0.3, -0.25) is 4.98 Å². The van der Waals surface area contributed by atoms with Gasteiger partial charge in [-0.2, -0.15) is 0 Å². The van der Waals surface area contributed by atoms with E-state index in [1.165, 1.54) is 5.56 Å². The standard InChI is InChI=1S/C17H22N2/c1-2-3-12-17(18,16-11-7-8-13-19-16)14-15-9-5-4-6-10-15/h4-11,13H,2-3,12,14,18H2,1H3. The Morgan fingerprint density at radius 1 is 1.05 bits per heavy atom. The van der Waals surface area contributed by atoms with Crippen molar-refractivity contribution in [3.8, 4) is 0 Å². The van der Waals surface area contributed by atoms with Gasteiger partial charge in [-0.25, -0.2) is 0 Å². The van der Waals surface area contributed by atoms with Gasteiger partial charge in [-0.05, 0) is 30.5 Å². The lowest BCUT2D eigenvalue weighted by Gasteiger charge is -2.29. The van der Waals surface area contributed by atoms with Crippen LogP contribution in [0.4, 0.5) is 0 Å². The Hall–Kier alpha value is -1.67. The fraction of sp³-hybridized carbons (Fsp3) is 0.353. The molecule has 2 heteroatoms. The molecule has 2 aromatic rings. The molecule has 2 nitrogen and oxygen atoms in total. The molecule has 100 valence electrons. The van der Waals surface area contributed by atoms with Gasteiger partial charge in [-0.1, -0.05) is 56.2 Å². The fourth-order valence-corrected chi connectivity index (χ4v) is 2.42. The summed E-state index contributed by atoms with van der Waals surface area (Å²) in [5.41, 5.74) is 8.58. The van der Waals surface area contributed by atoms with Crippen molar-refractivity contribution < 1.29 is 0 Å². The Morgan fingerprint density at radius 3 is 2.42 bits per heavy atom. The lowest BCUT2D eigenvalue weighted by molar-refractivity contribution is 0.380. The summed E-state index contributed by atoms with van der Waals surface area (Å²) in [5.74, 6) is 0. The van der Waals surface area contributed by atoms with Crippen molar-refractivity contribution in [2.24, 2.45) is 5.73 Å². The van der Waals surface area contributed by atoms with E-state index >= 15 is 0 Å². The van der Waals surface area contributed by atoms with Crippen molar-refractivity contribution in [3.05, 3.63) is 66.0 Å². The molecule has 0 saturated heterocycles. The molecule has 19 heavy (non-hydrogen) atoms. The zero-order valence-corrected chi connectivity index (χ0v) is 11.5.